The third-order valence-electron chi connectivity index (χ3n) is 6.11. The van der Waals surface area contributed by atoms with Gasteiger partial charge >= 0.3 is 0 Å². The van der Waals surface area contributed by atoms with E-state index in [4.69, 9.17) is 25.8 Å². The Morgan fingerprint density at radius 1 is 1.00 bits per heavy atom. The van der Waals surface area contributed by atoms with Crippen molar-refractivity contribution in [1.29, 1.82) is 0 Å². The fourth-order valence-corrected chi connectivity index (χ4v) is 4.43. The van der Waals surface area contributed by atoms with Crippen molar-refractivity contribution >= 4 is 28.9 Å². The number of non-ortho nitro benzene ring substituents is 1. The summed E-state index contributed by atoms with van der Waals surface area (Å²) in [6.45, 7) is 0.327. The van der Waals surface area contributed by atoms with E-state index in [1.165, 1.54) is 50.6 Å². The molecule has 11 nitrogen and oxygen atoms in total. The van der Waals surface area contributed by atoms with Gasteiger partial charge in [-0.05, 0) is 53.9 Å². The molecule has 1 amide bonds. The van der Waals surface area contributed by atoms with Crippen molar-refractivity contribution in [2.24, 2.45) is 0 Å². The van der Waals surface area contributed by atoms with Gasteiger partial charge in [0, 0.05) is 30.3 Å². The molecule has 0 unspecified atom stereocenters. The number of carbonyl (C=O) groups is 1. The maximum Gasteiger partial charge on any atom is 0.288 e. The number of amides is 1. The number of hydrogen-bond donors (Lipinski definition) is 0. The molecule has 0 saturated heterocycles. The van der Waals surface area contributed by atoms with E-state index in [1.54, 1.807) is 11.0 Å². The molecule has 0 aliphatic carbocycles. The highest BCUT2D eigenvalue weighted by Crippen LogP contribution is 2.39. The second kappa shape index (κ2) is 10.7. The molecule has 0 saturated carbocycles. The summed E-state index contributed by atoms with van der Waals surface area (Å²) in [5, 5.41) is 22.3. The molecule has 0 radical (unpaired) electrons. The third-order valence-corrected chi connectivity index (χ3v) is 6.43. The Morgan fingerprint density at radius 2 is 1.68 bits per heavy atom. The topological polar surface area (TPSA) is 134 Å². The quantitative estimate of drug-likeness (QED) is 0.295. The monoisotopic (exact) mass is 527 g/mol. The lowest BCUT2D eigenvalue weighted by Crippen LogP contribution is -2.42. The Morgan fingerprint density at radius 3 is 2.30 bits per heavy atom. The Bertz CT molecular complexity index is 1360. The van der Waals surface area contributed by atoms with Gasteiger partial charge in [-0.2, -0.15) is 0 Å². The number of benzene rings is 3. The number of nitro benzene ring substituents is 2. The normalized spacial score (nSPS) is 14.5. The van der Waals surface area contributed by atoms with E-state index in [9.17, 15) is 25.0 Å². The summed E-state index contributed by atoms with van der Waals surface area (Å²) in [5.74, 6) is 0.965. The van der Waals surface area contributed by atoms with Gasteiger partial charge in [0.05, 0.1) is 30.1 Å². The van der Waals surface area contributed by atoms with Crippen LogP contribution in [0, 0.1) is 20.2 Å². The van der Waals surface area contributed by atoms with Crippen LogP contribution in [-0.4, -0.2) is 48.0 Å². The first kappa shape index (κ1) is 25.7. The van der Waals surface area contributed by atoms with Crippen molar-refractivity contribution < 1.29 is 28.9 Å². The van der Waals surface area contributed by atoms with Gasteiger partial charge in [-0.15, -0.1) is 0 Å². The Balaban J connectivity index is 1.71. The minimum Gasteiger partial charge on any atom is -0.493 e. The number of hydrogen-bond acceptors (Lipinski definition) is 8. The number of ether oxygens (including phenoxy) is 3. The molecule has 0 fully saturated rings. The van der Waals surface area contributed by atoms with Gasteiger partial charge in [-0.1, -0.05) is 11.6 Å². The molecule has 1 heterocycles. The predicted molar refractivity (Wildman–Crippen MR) is 134 cm³/mol. The van der Waals surface area contributed by atoms with Crippen LogP contribution in [0.2, 0.25) is 5.02 Å². The summed E-state index contributed by atoms with van der Waals surface area (Å²) in [7, 11) is 3.04. The summed E-state index contributed by atoms with van der Waals surface area (Å²) in [4.78, 5) is 36.3. The van der Waals surface area contributed by atoms with Crippen molar-refractivity contribution in [3.63, 3.8) is 0 Å². The van der Waals surface area contributed by atoms with Crippen molar-refractivity contribution in [2.75, 3.05) is 27.4 Å². The molecule has 37 heavy (non-hydrogen) atoms. The molecular formula is C25H22ClN3O8. The van der Waals surface area contributed by atoms with Crippen LogP contribution in [0.3, 0.4) is 0 Å². The van der Waals surface area contributed by atoms with Gasteiger partial charge in [0.2, 0.25) is 0 Å². The molecule has 192 valence electrons. The third kappa shape index (κ3) is 5.26. The number of nitro groups is 2. The highest BCUT2D eigenvalue weighted by molar-refractivity contribution is 6.32. The zero-order valence-electron chi connectivity index (χ0n) is 19.9. The van der Waals surface area contributed by atoms with E-state index in [0.29, 0.717) is 30.2 Å². The molecule has 4 rings (SSSR count). The van der Waals surface area contributed by atoms with Crippen LogP contribution < -0.4 is 14.2 Å². The Kier molecular flexibility index (Phi) is 7.44. The Hall–Kier alpha value is -4.38. The van der Waals surface area contributed by atoms with E-state index in [1.807, 2.05) is 6.07 Å². The maximum atomic E-state index is 13.6. The minimum absolute atomic E-state index is 0.0156. The summed E-state index contributed by atoms with van der Waals surface area (Å²) in [5.41, 5.74) is 1.37. The molecule has 1 aliphatic heterocycles. The van der Waals surface area contributed by atoms with Crippen molar-refractivity contribution in [1.82, 2.24) is 4.90 Å². The smallest absolute Gasteiger partial charge is 0.288 e. The largest absolute Gasteiger partial charge is 0.493 e. The second-order valence-corrected chi connectivity index (χ2v) is 8.56. The van der Waals surface area contributed by atoms with Crippen LogP contribution in [0.25, 0.3) is 0 Å². The fourth-order valence-electron chi connectivity index (χ4n) is 4.24. The molecule has 12 heteroatoms. The van der Waals surface area contributed by atoms with Crippen molar-refractivity contribution in [2.45, 2.75) is 12.5 Å². The fraction of sp³-hybridized carbons (Fsp3) is 0.240. The zero-order chi connectivity index (χ0) is 26.7. The molecule has 3 aromatic carbocycles. The molecule has 0 spiro atoms. The average Bonchev–Trinajstić information content (AvgIpc) is 2.90. The lowest BCUT2D eigenvalue weighted by Gasteiger charge is -2.37. The van der Waals surface area contributed by atoms with E-state index in [2.05, 4.69) is 0 Å². The lowest BCUT2D eigenvalue weighted by molar-refractivity contribution is -0.385. The lowest BCUT2D eigenvalue weighted by atomic mass is 9.91. The molecule has 1 aliphatic rings. The van der Waals surface area contributed by atoms with Gasteiger partial charge in [-0.25, -0.2) is 0 Å². The van der Waals surface area contributed by atoms with Crippen LogP contribution in [0.15, 0.2) is 54.6 Å². The van der Waals surface area contributed by atoms with Gasteiger partial charge in [0.1, 0.15) is 17.4 Å². The van der Waals surface area contributed by atoms with E-state index in [0.717, 1.165) is 17.2 Å². The summed E-state index contributed by atoms with van der Waals surface area (Å²) >= 11 is 5.93. The van der Waals surface area contributed by atoms with Crippen LogP contribution in [-0.2, 0) is 6.42 Å². The average molecular weight is 528 g/mol. The highest BCUT2D eigenvalue weighted by Gasteiger charge is 2.34. The van der Waals surface area contributed by atoms with Crippen LogP contribution in [0.4, 0.5) is 11.4 Å². The molecular weight excluding hydrogens is 506 g/mol. The zero-order valence-corrected chi connectivity index (χ0v) is 20.6. The molecule has 0 bridgehead atoms. The maximum absolute atomic E-state index is 13.6. The number of fused-ring (bicyclic) bond motifs is 1. The molecule has 0 aromatic heterocycles. The van der Waals surface area contributed by atoms with Crippen molar-refractivity contribution in [3.05, 3.63) is 96.5 Å². The van der Waals surface area contributed by atoms with Crippen LogP contribution in [0.5, 0.6) is 17.2 Å². The minimum atomic E-state index is -0.642. The number of nitrogens with zero attached hydrogens (tertiary/aromatic N) is 3. The first-order chi connectivity index (χ1) is 17.7. The number of carbonyl (C=O) groups excluding carboxylic acids is 1. The van der Waals surface area contributed by atoms with Crippen molar-refractivity contribution in [3.8, 4) is 17.2 Å². The van der Waals surface area contributed by atoms with Gasteiger partial charge in [0.25, 0.3) is 17.3 Å². The van der Waals surface area contributed by atoms with Crippen LogP contribution in [0.1, 0.15) is 27.5 Å². The van der Waals surface area contributed by atoms with Gasteiger partial charge < -0.3 is 19.1 Å². The van der Waals surface area contributed by atoms with Gasteiger partial charge in [0.15, 0.2) is 11.5 Å². The highest BCUT2D eigenvalue weighted by atomic mass is 35.5. The van der Waals surface area contributed by atoms with Gasteiger partial charge in [-0.3, -0.25) is 25.0 Å². The predicted octanol–water partition coefficient (Wildman–Crippen LogP) is 4.99. The first-order valence-corrected chi connectivity index (χ1v) is 11.5. The number of methoxy groups -OCH3 is 2. The first-order valence-electron chi connectivity index (χ1n) is 11.1. The number of halogens is 1. The molecule has 3 aromatic rings. The Labute approximate surface area is 216 Å². The van der Waals surface area contributed by atoms with E-state index in [-0.39, 0.29) is 28.6 Å². The summed E-state index contributed by atoms with van der Waals surface area (Å²) < 4.78 is 16.8. The SMILES string of the molecule is COc1cc2c(cc1OC)[C@@H](COc1ccc([N+](=O)[O-])cc1)N(C(=O)c1ccc(Cl)c([N+](=O)[O-])c1)CC2. The number of rotatable bonds is 8. The standard InChI is InChI=1S/C25H22ClN3O8/c1-35-23-12-15-9-10-27(25(30)16-3-8-20(26)21(11-16)29(33)34)22(19(15)13-24(23)36-2)14-37-18-6-4-17(5-7-18)28(31)32/h3-8,11-13,22H,9-10,14H2,1-2H3/t22-/m1/s1. The molecule has 0 N–H and O–H groups in total. The van der Waals surface area contributed by atoms with Crippen LogP contribution >= 0.6 is 11.6 Å². The summed E-state index contributed by atoms with van der Waals surface area (Å²) in [6.07, 6.45) is 0.505. The molecule has 1 atom stereocenters. The summed E-state index contributed by atoms with van der Waals surface area (Å²) in [6, 6.07) is 12.6. The second-order valence-electron chi connectivity index (χ2n) is 8.16. The van der Waals surface area contributed by atoms with E-state index >= 15 is 0 Å². The van der Waals surface area contributed by atoms with E-state index < -0.39 is 21.8 Å².